The van der Waals surface area contributed by atoms with E-state index in [1.165, 1.54) is 0 Å². The number of rotatable bonds is 7. The molecule has 1 aromatic heterocycles. The molecule has 3 N–H and O–H groups in total. The highest BCUT2D eigenvalue weighted by atomic mass is 35.5. The van der Waals surface area contributed by atoms with Crippen molar-refractivity contribution in [1.82, 2.24) is 20.6 Å². The average molecular weight is 444 g/mol. The van der Waals surface area contributed by atoms with Gasteiger partial charge < -0.3 is 20.9 Å². The lowest BCUT2D eigenvalue weighted by Crippen LogP contribution is -2.43. The van der Waals surface area contributed by atoms with Crippen LogP contribution in [-0.2, 0) is 6.42 Å². The van der Waals surface area contributed by atoms with Gasteiger partial charge in [0, 0.05) is 43.1 Å². The number of carbonyl (C=O) groups is 1. The van der Waals surface area contributed by atoms with Crippen molar-refractivity contribution in [3.05, 3.63) is 41.1 Å². The number of benzene rings is 1. The first-order chi connectivity index (χ1) is 14.5. The lowest BCUT2D eigenvalue weighted by Gasteiger charge is -2.20. The van der Waals surface area contributed by atoms with E-state index >= 15 is 0 Å². The molecule has 2 amide bonds. The first-order valence-electron chi connectivity index (χ1n) is 10.5. The highest BCUT2D eigenvalue weighted by Gasteiger charge is 2.25. The molecule has 1 aliphatic rings. The average Bonchev–Trinajstić information content (AvgIpc) is 3.18. The second-order valence-corrected chi connectivity index (χ2v) is 7.49. The summed E-state index contributed by atoms with van der Waals surface area (Å²) in [5.74, 6) is 1.37. The summed E-state index contributed by atoms with van der Waals surface area (Å²) in [5.41, 5.74) is 3.32. The van der Waals surface area contributed by atoms with Crippen LogP contribution in [0.5, 0.6) is 0 Å². The van der Waals surface area contributed by atoms with Gasteiger partial charge in [0.1, 0.15) is 5.82 Å². The third-order valence-electron chi connectivity index (χ3n) is 5.07. The van der Waals surface area contributed by atoms with Crippen molar-refractivity contribution in [1.29, 1.82) is 5.26 Å². The normalized spacial score (nSPS) is 15.0. The zero-order valence-corrected chi connectivity index (χ0v) is 19.1. The molecule has 1 aliphatic heterocycles. The summed E-state index contributed by atoms with van der Waals surface area (Å²) in [6.45, 7) is 8.08. The van der Waals surface area contributed by atoms with Gasteiger partial charge >= 0.3 is 6.03 Å². The molecule has 0 bridgehead atoms. The molecule has 1 saturated heterocycles. The molecule has 1 aromatic carbocycles. The number of amides is 2. The van der Waals surface area contributed by atoms with Crippen LogP contribution in [-0.4, -0.2) is 41.7 Å². The van der Waals surface area contributed by atoms with Crippen molar-refractivity contribution < 1.29 is 4.79 Å². The van der Waals surface area contributed by atoms with Crippen LogP contribution >= 0.6 is 12.4 Å². The maximum atomic E-state index is 11.8. The first-order valence-corrected chi connectivity index (χ1v) is 10.5. The van der Waals surface area contributed by atoms with Crippen LogP contribution in [0.25, 0.3) is 0 Å². The summed E-state index contributed by atoms with van der Waals surface area (Å²) in [6, 6.07) is 9.85. The second-order valence-electron chi connectivity index (χ2n) is 7.49. The van der Waals surface area contributed by atoms with Crippen LogP contribution < -0.4 is 20.9 Å². The second kappa shape index (κ2) is 11.4. The van der Waals surface area contributed by atoms with E-state index in [1.807, 2.05) is 38.1 Å². The predicted molar refractivity (Wildman–Crippen MR) is 125 cm³/mol. The van der Waals surface area contributed by atoms with Crippen LogP contribution in [0.3, 0.4) is 0 Å². The molecule has 0 aliphatic carbocycles. The highest BCUT2D eigenvalue weighted by molar-refractivity contribution is 5.85. The number of aromatic nitrogens is 2. The number of hydrogen-bond acceptors (Lipinski definition) is 6. The van der Waals surface area contributed by atoms with Gasteiger partial charge in [-0.25, -0.2) is 9.78 Å². The Bertz CT molecular complexity index is 944. The monoisotopic (exact) mass is 443 g/mol. The first kappa shape index (κ1) is 24.2. The third-order valence-corrected chi connectivity index (χ3v) is 5.07. The number of aryl methyl sites for hydroxylation is 2. The Hall–Kier alpha value is -3.05. The fraction of sp³-hybridized carbons (Fsp3) is 0.455. The standard InChI is InChI=1S/C22H29N7O.ClH/c1-4-6-17-12-20(29-10-9-19(14-29)27-22(30)24-5-2)28-21(25-17)26-18-8-7-15(3)16(11-18)13-23;/h7-8,11-12,19H,4-6,9-10,14H2,1-3H3,(H2,24,27,30)(H,25,26,28);1H/t19-;/m0./s1. The van der Waals surface area contributed by atoms with Crippen molar-refractivity contribution in [3.8, 4) is 6.07 Å². The largest absolute Gasteiger partial charge is 0.354 e. The Morgan fingerprint density at radius 1 is 1.29 bits per heavy atom. The smallest absolute Gasteiger partial charge is 0.315 e. The lowest BCUT2D eigenvalue weighted by molar-refractivity contribution is 0.238. The number of urea groups is 1. The van der Waals surface area contributed by atoms with Gasteiger partial charge in [-0.2, -0.15) is 10.2 Å². The Labute approximate surface area is 189 Å². The van der Waals surface area contributed by atoms with Gasteiger partial charge in [0.05, 0.1) is 11.6 Å². The topological polar surface area (TPSA) is 106 Å². The van der Waals surface area contributed by atoms with Crippen molar-refractivity contribution in [2.24, 2.45) is 0 Å². The number of anilines is 3. The minimum atomic E-state index is -0.131. The van der Waals surface area contributed by atoms with Crippen LogP contribution in [0.15, 0.2) is 24.3 Å². The fourth-order valence-corrected chi connectivity index (χ4v) is 3.52. The van der Waals surface area contributed by atoms with E-state index in [0.717, 1.165) is 48.6 Å². The zero-order chi connectivity index (χ0) is 21.5. The van der Waals surface area contributed by atoms with Crippen molar-refractivity contribution in [3.63, 3.8) is 0 Å². The van der Waals surface area contributed by atoms with Crippen molar-refractivity contribution in [2.45, 2.75) is 46.1 Å². The summed E-state index contributed by atoms with van der Waals surface area (Å²) in [6.07, 6.45) is 2.72. The molecule has 166 valence electrons. The molecule has 0 unspecified atom stereocenters. The van der Waals surface area contributed by atoms with E-state index in [4.69, 9.17) is 4.98 Å². The number of nitrogens with zero attached hydrogens (tertiary/aromatic N) is 4. The van der Waals surface area contributed by atoms with Crippen LogP contribution in [0.2, 0.25) is 0 Å². The number of nitriles is 1. The summed E-state index contributed by atoms with van der Waals surface area (Å²) in [5, 5.41) is 18.3. The van der Waals surface area contributed by atoms with E-state index in [0.29, 0.717) is 24.6 Å². The minimum Gasteiger partial charge on any atom is -0.354 e. The van der Waals surface area contributed by atoms with Gasteiger partial charge in [0.25, 0.3) is 0 Å². The SMILES string of the molecule is CCCc1cc(N2CC[C@H](NC(=O)NCC)C2)nc(Nc2ccc(C)c(C#N)c2)n1.Cl. The van der Waals surface area contributed by atoms with Crippen molar-refractivity contribution >= 4 is 35.9 Å². The van der Waals surface area contributed by atoms with Crippen LogP contribution in [0.1, 0.15) is 43.5 Å². The van der Waals surface area contributed by atoms with E-state index in [1.54, 1.807) is 0 Å². The molecule has 0 spiro atoms. The Morgan fingerprint density at radius 3 is 2.81 bits per heavy atom. The lowest BCUT2D eigenvalue weighted by atomic mass is 10.1. The quantitative estimate of drug-likeness (QED) is 0.602. The predicted octanol–water partition coefficient (Wildman–Crippen LogP) is 3.67. The Morgan fingerprint density at radius 2 is 2.10 bits per heavy atom. The molecular formula is C22H30ClN7O. The van der Waals surface area contributed by atoms with E-state index in [9.17, 15) is 10.1 Å². The summed E-state index contributed by atoms with van der Waals surface area (Å²) < 4.78 is 0. The summed E-state index contributed by atoms with van der Waals surface area (Å²) in [7, 11) is 0. The van der Waals surface area contributed by atoms with E-state index in [-0.39, 0.29) is 24.5 Å². The molecular weight excluding hydrogens is 414 g/mol. The van der Waals surface area contributed by atoms with Gasteiger partial charge in [-0.05, 0) is 44.4 Å². The highest BCUT2D eigenvalue weighted by Crippen LogP contribution is 2.24. The Balaban J connectivity index is 0.00000341. The molecule has 8 nitrogen and oxygen atoms in total. The zero-order valence-electron chi connectivity index (χ0n) is 18.2. The van der Waals surface area contributed by atoms with Crippen LogP contribution in [0, 0.1) is 18.3 Å². The molecule has 9 heteroatoms. The van der Waals surface area contributed by atoms with E-state index in [2.05, 4.69) is 38.8 Å². The van der Waals surface area contributed by atoms with Gasteiger partial charge in [0.2, 0.25) is 5.95 Å². The Kier molecular flexibility index (Phi) is 8.88. The molecule has 1 atom stereocenters. The molecule has 2 heterocycles. The molecule has 31 heavy (non-hydrogen) atoms. The molecule has 0 saturated carbocycles. The van der Waals surface area contributed by atoms with Crippen LogP contribution in [0.4, 0.5) is 22.2 Å². The fourth-order valence-electron chi connectivity index (χ4n) is 3.52. The molecule has 3 rings (SSSR count). The molecule has 0 radical (unpaired) electrons. The van der Waals surface area contributed by atoms with Gasteiger partial charge in [-0.1, -0.05) is 19.4 Å². The number of halogens is 1. The maximum absolute atomic E-state index is 11.8. The molecule has 2 aromatic rings. The van der Waals surface area contributed by atoms with Gasteiger partial charge in [-0.15, -0.1) is 12.4 Å². The van der Waals surface area contributed by atoms with E-state index < -0.39 is 0 Å². The number of nitrogens with one attached hydrogen (secondary N) is 3. The minimum absolute atomic E-state index is 0. The number of hydrogen-bond donors (Lipinski definition) is 3. The molecule has 1 fully saturated rings. The maximum Gasteiger partial charge on any atom is 0.315 e. The summed E-state index contributed by atoms with van der Waals surface area (Å²) >= 11 is 0. The van der Waals surface area contributed by atoms with Gasteiger partial charge in [-0.3, -0.25) is 0 Å². The third kappa shape index (κ3) is 6.46. The summed E-state index contributed by atoms with van der Waals surface area (Å²) in [4.78, 5) is 23.4. The van der Waals surface area contributed by atoms with Crippen molar-refractivity contribution in [2.75, 3.05) is 29.9 Å². The van der Waals surface area contributed by atoms with Gasteiger partial charge in [0.15, 0.2) is 0 Å². The number of carbonyl (C=O) groups excluding carboxylic acids is 1.